The molecule has 23 heavy (non-hydrogen) atoms. The van der Waals surface area contributed by atoms with Crippen LogP contribution in [0.25, 0.3) is 0 Å². The van der Waals surface area contributed by atoms with Gasteiger partial charge in [-0.2, -0.15) is 0 Å². The predicted molar refractivity (Wildman–Crippen MR) is 89.1 cm³/mol. The van der Waals surface area contributed by atoms with Crippen LogP contribution in [0.3, 0.4) is 0 Å². The Morgan fingerprint density at radius 2 is 1.57 bits per heavy atom. The third-order valence-corrected chi connectivity index (χ3v) is 4.14. The van der Waals surface area contributed by atoms with Gasteiger partial charge in [0, 0.05) is 12.3 Å². The largest absolute Gasteiger partial charge is 0.344 e. The third kappa shape index (κ3) is 7.01. The maximum absolute atomic E-state index is 12.3. The summed E-state index contributed by atoms with van der Waals surface area (Å²) in [6, 6.07) is -0.635. The molecular formula is C17H31N3O3. The van der Waals surface area contributed by atoms with Crippen molar-refractivity contribution in [1.82, 2.24) is 16.2 Å². The van der Waals surface area contributed by atoms with Crippen molar-refractivity contribution in [2.45, 2.75) is 72.3 Å². The summed E-state index contributed by atoms with van der Waals surface area (Å²) in [7, 11) is 0. The number of carbonyl (C=O) groups is 3. The fraction of sp³-hybridized carbons (Fsp3) is 0.824. The summed E-state index contributed by atoms with van der Waals surface area (Å²) in [5.74, 6) is -0.473. The number of hydrogen-bond donors (Lipinski definition) is 3. The van der Waals surface area contributed by atoms with Crippen LogP contribution in [0.4, 0.5) is 0 Å². The highest BCUT2D eigenvalue weighted by atomic mass is 16.2. The van der Waals surface area contributed by atoms with Crippen LogP contribution >= 0.6 is 0 Å². The van der Waals surface area contributed by atoms with E-state index in [1.54, 1.807) is 0 Å². The first-order valence-corrected chi connectivity index (χ1v) is 8.70. The monoisotopic (exact) mass is 325 g/mol. The molecule has 132 valence electrons. The first kappa shape index (κ1) is 19.5. The van der Waals surface area contributed by atoms with Gasteiger partial charge < -0.3 is 5.32 Å². The summed E-state index contributed by atoms with van der Waals surface area (Å²) in [6.45, 7) is 7.62. The molecule has 1 rings (SSSR count). The maximum atomic E-state index is 12.3. The first-order chi connectivity index (χ1) is 10.8. The van der Waals surface area contributed by atoms with Crippen LogP contribution in [0.5, 0.6) is 0 Å². The highest BCUT2D eigenvalue weighted by Crippen LogP contribution is 2.24. The highest BCUT2D eigenvalue weighted by molar-refractivity contribution is 5.90. The molecule has 1 aliphatic carbocycles. The average Bonchev–Trinajstić information content (AvgIpc) is 2.50. The SMILES string of the molecule is CC(C)CC(=O)NNC(=O)[C@@H](NC(=O)C1CCCCC1)C(C)C. The van der Waals surface area contributed by atoms with Crippen molar-refractivity contribution in [3.8, 4) is 0 Å². The van der Waals surface area contributed by atoms with E-state index in [-0.39, 0.29) is 35.5 Å². The van der Waals surface area contributed by atoms with Gasteiger partial charge in [-0.25, -0.2) is 0 Å². The Hall–Kier alpha value is -1.59. The molecule has 1 saturated carbocycles. The molecule has 0 unspecified atom stereocenters. The summed E-state index contributed by atoms with van der Waals surface area (Å²) in [5, 5.41) is 2.85. The fourth-order valence-electron chi connectivity index (χ4n) is 2.80. The molecule has 1 atom stereocenters. The van der Waals surface area contributed by atoms with E-state index >= 15 is 0 Å². The Morgan fingerprint density at radius 1 is 0.957 bits per heavy atom. The summed E-state index contributed by atoms with van der Waals surface area (Å²) in [4.78, 5) is 36.2. The van der Waals surface area contributed by atoms with Crippen LogP contribution in [0.15, 0.2) is 0 Å². The molecule has 1 fully saturated rings. The molecule has 0 bridgehead atoms. The molecule has 0 radical (unpaired) electrons. The number of carbonyl (C=O) groups excluding carboxylic acids is 3. The van der Waals surface area contributed by atoms with Gasteiger partial charge in [-0.3, -0.25) is 25.2 Å². The van der Waals surface area contributed by atoms with Crippen LogP contribution in [0.2, 0.25) is 0 Å². The van der Waals surface area contributed by atoms with Gasteiger partial charge in [0.15, 0.2) is 0 Å². The second-order valence-corrected chi connectivity index (χ2v) is 7.20. The lowest BCUT2D eigenvalue weighted by Crippen LogP contribution is -2.55. The van der Waals surface area contributed by atoms with Crippen molar-refractivity contribution in [3.05, 3.63) is 0 Å². The summed E-state index contributed by atoms with van der Waals surface area (Å²) in [5.41, 5.74) is 4.84. The summed E-state index contributed by atoms with van der Waals surface area (Å²) < 4.78 is 0. The Bertz CT molecular complexity index is 415. The minimum Gasteiger partial charge on any atom is -0.344 e. The zero-order chi connectivity index (χ0) is 17.4. The lowest BCUT2D eigenvalue weighted by atomic mass is 9.88. The van der Waals surface area contributed by atoms with Gasteiger partial charge in [0.25, 0.3) is 5.91 Å². The predicted octanol–water partition coefficient (Wildman–Crippen LogP) is 1.90. The van der Waals surface area contributed by atoms with Gasteiger partial charge >= 0.3 is 0 Å². The Morgan fingerprint density at radius 3 is 2.09 bits per heavy atom. The van der Waals surface area contributed by atoms with E-state index in [9.17, 15) is 14.4 Å². The molecule has 3 amide bonds. The molecule has 3 N–H and O–H groups in total. The van der Waals surface area contributed by atoms with Crippen molar-refractivity contribution in [2.24, 2.45) is 17.8 Å². The lowest BCUT2D eigenvalue weighted by Gasteiger charge is -2.26. The van der Waals surface area contributed by atoms with Crippen molar-refractivity contribution in [2.75, 3.05) is 0 Å². The molecule has 6 heteroatoms. The van der Waals surface area contributed by atoms with Crippen LogP contribution in [0.1, 0.15) is 66.2 Å². The standard InChI is InChI=1S/C17H31N3O3/c1-11(2)10-14(21)19-20-17(23)15(12(3)4)18-16(22)13-8-6-5-7-9-13/h11-13,15H,5-10H2,1-4H3,(H,18,22)(H,19,21)(H,20,23)/t15-/m0/s1. The minimum atomic E-state index is -0.635. The molecule has 0 spiro atoms. The van der Waals surface area contributed by atoms with E-state index in [1.165, 1.54) is 6.42 Å². The molecular weight excluding hydrogens is 294 g/mol. The van der Waals surface area contributed by atoms with Crippen molar-refractivity contribution in [3.63, 3.8) is 0 Å². The summed E-state index contributed by atoms with van der Waals surface area (Å²) >= 11 is 0. The lowest BCUT2D eigenvalue weighted by molar-refractivity contribution is -0.134. The normalized spacial score (nSPS) is 17.0. The van der Waals surface area contributed by atoms with Gasteiger partial charge in [0.05, 0.1) is 0 Å². The third-order valence-electron chi connectivity index (χ3n) is 4.14. The van der Waals surface area contributed by atoms with Crippen LogP contribution in [-0.2, 0) is 14.4 Å². The number of hydrazine groups is 1. The van der Waals surface area contributed by atoms with E-state index in [0.717, 1.165) is 25.7 Å². The smallest absolute Gasteiger partial charge is 0.261 e. The molecule has 1 aliphatic rings. The molecule has 0 aromatic heterocycles. The van der Waals surface area contributed by atoms with E-state index in [4.69, 9.17) is 0 Å². The average molecular weight is 325 g/mol. The maximum Gasteiger partial charge on any atom is 0.261 e. The Kier molecular flexibility index (Phi) is 8.06. The zero-order valence-corrected chi connectivity index (χ0v) is 14.8. The van der Waals surface area contributed by atoms with Gasteiger partial charge in [0.2, 0.25) is 11.8 Å². The van der Waals surface area contributed by atoms with Crippen molar-refractivity contribution in [1.29, 1.82) is 0 Å². The van der Waals surface area contributed by atoms with E-state index < -0.39 is 6.04 Å². The molecule has 0 aromatic rings. The molecule has 6 nitrogen and oxygen atoms in total. The summed E-state index contributed by atoms with van der Waals surface area (Å²) in [6.07, 6.45) is 5.46. The van der Waals surface area contributed by atoms with Gasteiger partial charge in [0.1, 0.15) is 6.04 Å². The van der Waals surface area contributed by atoms with Crippen LogP contribution in [-0.4, -0.2) is 23.8 Å². The molecule has 0 saturated heterocycles. The van der Waals surface area contributed by atoms with E-state index in [2.05, 4.69) is 16.2 Å². The van der Waals surface area contributed by atoms with Gasteiger partial charge in [-0.05, 0) is 24.7 Å². The quantitative estimate of drug-likeness (QED) is 0.652. The van der Waals surface area contributed by atoms with Crippen LogP contribution < -0.4 is 16.2 Å². The second-order valence-electron chi connectivity index (χ2n) is 7.20. The number of amides is 3. The second kappa shape index (κ2) is 9.53. The van der Waals surface area contributed by atoms with Gasteiger partial charge in [-0.1, -0.05) is 47.0 Å². The number of rotatable bonds is 6. The molecule has 0 aromatic carbocycles. The Balaban J connectivity index is 2.50. The molecule has 0 aliphatic heterocycles. The van der Waals surface area contributed by atoms with E-state index in [1.807, 2.05) is 27.7 Å². The Labute approximate surface area is 139 Å². The first-order valence-electron chi connectivity index (χ1n) is 8.70. The van der Waals surface area contributed by atoms with Crippen molar-refractivity contribution < 1.29 is 14.4 Å². The van der Waals surface area contributed by atoms with E-state index in [0.29, 0.717) is 6.42 Å². The van der Waals surface area contributed by atoms with Crippen molar-refractivity contribution >= 4 is 17.7 Å². The molecule has 0 heterocycles. The fourth-order valence-corrected chi connectivity index (χ4v) is 2.80. The topological polar surface area (TPSA) is 87.3 Å². The number of nitrogens with one attached hydrogen (secondary N) is 3. The van der Waals surface area contributed by atoms with Crippen LogP contribution in [0, 0.1) is 17.8 Å². The highest BCUT2D eigenvalue weighted by Gasteiger charge is 2.28. The number of hydrogen-bond acceptors (Lipinski definition) is 3. The minimum absolute atomic E-state index is 0.00771. The van der Waals surface area contributed by atoms with Gasteiger partial charge in [-0.15, -0.1) is 0 Å². The zero-order valence-electron chi connectivity index (χ0n) is 14.8.